The molecular weight excluding hydrogens is 590 g/mol. The number of carbonyl (C=O) groups excluding carboxylic acids is 2. The number of benzene rings is 1. The second kappa shape index (κ2) is 15.0. The maximum absolute atomic E-state index is 12.3. The van der Waals surface area contributed by atoms with Crippen molar-refractivity contribution < 1.29 is 23.8 Å². The van der Waals surface area contributed by atoms with Crippen LogP contribution >= 0.6 is 0 Å². The lowest BCUT2D eigenvalue weighted by atomic mass is 9.94. The molecule has 1 saturated heterocycles. The number of aryl methyl sites for hydroxylation is 1. The molecule has 1 N–H and O–H groups in total. The molecule has 0 unspecified atom stereocenters. The summed E-state index contributed by atoms with van der Waals surface area (Å²) in [6.07, 6.45) is 9.87. The van der Waals surface area contributed by atoms with Crippen molar-refractivity contribution in [1.82, 2.24) is 39.6 Å². The van der Waals surface area contributed by atoms with E-state index >= 15 is 0 Å². The first kappa shape index (κ1) is 32.6. The number of fused-ring (bicyclic) bond motifs is 1. The number of piperidine rings is 1. The molecule has 1 aromatic carbocycles. The molecule has 1 fully saturated rings. The Morgan fingerprint density at radius 1 is 1.07 bits per heavy atom. The summed E-state index contributed by atoms with van der Waals surface area (Å²) in [6.45, 7) is 10.6. The Bertz CT molecular complexity index is 1590. The van der Waals surface area contributed by atoms with Gasteiger partial charge in [-0.15, -0.1) is 5.10 Å². The molecule has 4 aromatic rings. The van der Waals surface area contributed by atoms with Crippen LogP contribution in [0.4, 0.5) is 16.4 Å². The van der Waals surface area contributed by atoms with Gasteiger partial charge in [-0.25, -0.2) is 9.78 Å². The summed E-state index contributed by atoms with van der Waals surface area (Å²) in [5.74, 6) is 1.49. The van der Waals surface area contributed by atoms with Crippen LogP contribution in [0.2, 0.25) is 0 Å². The van der Waals surface area contributed by atoms with Crippen LogP contribution in [0.15, 0.2) is 42.9 Å². The number of nitrogens with zero attached hydrogens (tertiary/aromatic N) is 8. The largest absolute Gasteiger partial charge is 0.494 e. The zero-order valence-corrected chi connectivity index (χ0v) is 27.0. The smallest absolute Gasteiger partial charge is 0.410 e. The Balaban J connectivity index is 1.10. The number of hydrogen-bond acceptors (Lipinski definition) is 11. The van der Waals surface area contributed by atoms with Crippen LogP contribution in [0.3, 0.4) is 0 Å². The van der Waals surface area contributed by atoms with E-state index < -0.39 is 5.60 Å². The van der Waals surface area contributed by atoms with Gasteiger partial charge < -0.3 is 24.4 Å². The number of aromatic nitrogens is 7. The molecular formula is C32H43N9O5. The highest BCUT2D eigenvalue weighted by molar-refractivity contribution is 5.73. The molecule has 0 spiro atoms. The van der Waals surface area contributed by atoms with Gasteiger partial charge in [0.15, 0.2) is 11.2 Å². The number of likely N-dealkylation sites (tertiary alicyclic amines) is 1. The highest BCUT2D eigenvalue weighted by Gasteiger charge is 2.26. The summed E-state index contributed by atoms with van der Waals surface area (Å²) in [5, 5.41) is 16.2. The van der Waals surface area contributed by atoms with Crippen molar-refractivity contribution in [2.24, 2.45) is 5.92 Å². The van der Waals surface area contributed by atoms with Crippen LogP contribution in [-0.2, 0) is 20.8 Å². The molecule has 1 amide bonds. The van der Waals surface area contributed by atoms with Crippen molar-refractivity contribution in [2.45, 2.75) is 78.4 Å². The molecule has 246 valence electrons. The van der Waals surface area contributed by atoms with E-state index in [9.17, 15) is 9.59 Å². The van der Waals surface area contributed by atoms with Crippen molar-refractivity contribution in [1.29, 1.82) is 0 Å². The molecule has 3 aromatic heterocycles. The van der Waals surface area contributed by atoms with Gasteiger partial charge in [0.2, 0.25) is 5.95 Å². The normalized spacial score (nSPS) is 14.0. The van der Waals surface area contributed by atoms with E-state index in [1.807, 2.05) is 55.9 Å². The quantitative estimate of drug-likeness (QED) is 0.151. The monoisotopic (exact) mass is 633 g/mol. The molecule has 0 aliphatic carbocycles. The SMILES string of the molecule is CCOC(=O)CCCCOc1ccc(-n2nnc3cnc(Nc4cnn(CCC5CCN(C(=O)OC(C)(C)C)CC5)c4)nc32)cc1. The number of esters is 1. The van der Waals surface area contributed by atoms with Crippen LogP contribution in [0.1, 0.15) is 66.2 Å². The summed E-state index contributed by atoms with van der Waals surface area (Å²) in [4.78, 5) is 34.7. The number of hydrogen-bond donors (Lipinski definition) is 1. The van der Waals surface area contributed by atoms with E-state index in [4.69, 9.17) is 14.2 Å². The minimum Gasteiger partial charge on any atom is -0.494 e. The second-order valence-corrected chi connectivity index (χ2v) is 12.3. The Labute approximate surface area is 268 Å². The minimum atomic E-state index is -0.479. The second-order valence-electron chi connectivity index (χ2n) is 12.3. The Kier molecular flexibility index (Phi) is 10.7. The Morgan fingerprint density at radius 3 is 2.59 bits per heavy atom. The summed E-state index contributed by atoms with van der Waals surface area (Å²) >= 11 is 0. The van der Waals surface area contributed by atoms with Crippen molar-refractivity contribution in [3.05, 3.63) is 42.9 Å². The number of nitrogens with one attached hydrogen (secondary N) is 1. The fourth-order valence-corrected chi connectivity index (χ4v) is 5.17. The molecule has 4 heterocycles. The molecule has 14 nitrogen and oxygen atoms in total. The Hall–Kier alpha value is -4.75. The van der Waals surface area contributed by atoms with Gasteiger partial charge in [-0.1, -0.05) is 5.21 Å². The fourth-order valence-electron chi connectivity index (χ4n) is 5.17. The van der Waals surface area contributed by atoms with Gasteiger partial charge in [0.25, 0.3) is 0 Å². The lowest BCUT2D eigenvalue weighted by Gasteiger charge is -2.33. The van der Waals surface area contributed by atoms with E-state index in [1.54, 1.807) is 28.9 Å². The van der Waals surface area contributed by atoms with E-state index in [-0.39, 0.29) is 12.1 Å². The predicted octanol–water partition coefficient (Wildman–Crippen LogP) is 5.30. The zero-order chi connectivity index (χ0) is 32.5. The molecule has 0 saturated carbocycles. The molecule has 1 aliphatic rings. The number of rotatable bonds is 13. The first-order valence-electron chi connectivity index (χ1n) is 15.9. The first-order chi connectivity index (χ1) is 22.2. The summed E-state index contributed by atoms with van der Waals surface area (Å²) in [7, 11) is 0. The van der Waals surface area contributed by atoms with Gasteiger partial charge in [-0.3, -0.25) is 9.48 Å². The summed E-state index contributed by atoms with van der Waals surface area (Å²) < 4.78 is 19.8. The lowest BCUT2D eigenvalue weighted by molar-refractivity contribution is -0.143. The van der Waals surface area contributed by atoms with Gasteiger partial charge in [-0.2, -0.15) is 14.8 Å². The molecule has 1 aliphatic heterocycles. The standard InChI is InChI=1S/C32H43N9O5/c1-5-44-28(42)8-6-7-19-45-26-11-9-25(10-12-26)41-29-27(37-38-41)21-33-30(36-29)35-24-20-34-40(22-24)18-15-23-13-16-39(17-14-23)31(43)46-32(2,3)4/h9-12,20-23H,5-8,13-19H2,1-4H3,(H,33,35,36). The minimum absolute atomic E-state index is 0.175. The predicted molar refractivity (Wildman–Crippen MR) is 171 cm³/mol. The first-order valence-corrected chi connectivity index (χ1v) is 15.9. The third kappa shape index (κ3) is 9.14. The van der Waals surface area contributed by atoms with Gasteiger partial charge >= 0.3 is 12.1 Å². The Morgan fingerprint density at radius 2 is 1.85 bits per heavy atom. The van der Waals surface area contributed by atoms with Crippen molar-refractivity contribution >= 4 is 34.9 Å². The molecule has 0 atom stereocenters. The number of carbonyl (C=O) groups is 2. The molecule has 5 rings (SSSR count). The number of anilines is 2. The van der Waals surface area contributed by atoms with Gasteiger partial charge in [0.05, 0.1) is 37.0 Å². The van der Waals surface area contributed by atoms with E-state index in [2.05, 4.69) is 30.7 Å². The van der Waals surface area contributed by atoms with Gasteiger partial charge in [0, 0.05) is 32.3 Å². The van der Waals surface area contributed by atoms with Gasteiger partial charge in [0.1, 0.15) is 11.4 Å². The summed E-state index contributed by atoms with van der Waals surface area (Å²) in [6, 6.07) is 7.52. The third-order valence-corrected chi connectivity index (χ3v) is 7.55. The zero-order valence-electron chi connectivity index (χ0n) is 27.0. The maximum Gasteiger partial charge on any atom is 0.410 e. The van der Waals surface area contributed by atoms with Crippen LogP contribution in [0, 0.1) is 5.92 Å². The molecule has 0 bridgehead atoms. The van der Waals surface area contributed by atoms with E-state index in [0.29, 0.717) is 55.8 Å². The molecule has 14 heteroatoms. The van der Waals surface area contributed by atoms with Crippen LogP contribution < -0.4 is 10.1 Å². The van der Waals surface area contributed by atoms with Crippen LogP contribution in [0.25, 0.3) is 16.9 Å². The highest BCUT2D eigenvalue weighted by Crippen LogP contribution is 2.24. The van der Waals surface area contributed by atoms with Crippen molar-refractivity contribution in [3.8, 4) is 11.4 Å². The number of unbranched alkanes of at least 4 members (excludes halogenated alkanes) is 1. The average molecular weight is 634 g/mol. The van der Waals surface area contributed by atoms with E-state index in [0.717, 1.165) is 55.8 Å². The highest BCUT2D eigenvalue weighted by atomic mass is 16.6. The number of ether oxygens (including phenoxy) is 3. The molecule has 46 heavy (non-hydrogen) atoms. The lowest BCUT2D eigenvalue weighted by Crippen LogP contribution is -2.41. The van der Waals surface area contributed by atoms with Crippen LogP contribution in [-0.4, -0.2) is 83.6 Å². The molecule has 0 radical (unpaired) electrons. The van der Waals surface area contributed by atoms with Crippen molar-refractivity contribution in [3.63, 3.8) is 0 Å². The maximum atomic E-state index is 12.3. The average Bonchev–Trinajstić information content (AvgIpc) is 3.66. The summed E-state index contributed by atoms with van der Waals surface area (Å²) in [5.41, 5.74) is 2.22. The third-order valence-electron chi connectivity index (χ3n) is 7.55. The van der Waals surface area contributed by atoms with Crippen molar-refractivity contribution in [2.75, 3.05) is 31.6 Å². The van der Waals surface area contributed by atoms with Gasteiger partial charge in [-0.05, 0) is 90.0 Å². The topological polar surface area (TPSA) is 151 Å². The number of amides is 1. The van der Waals surface area contributed by atoms with E-state index in [1.165, 1.54) is 0 Å². The fraction of sp³-hybridized carbons (Fsp3) is 0.531. The van der Waals surface area contributed by atoms with Crippen LogP contribution in [0.5, 0.6) is 5.75 Å².